The highest BCUT2D eigenvalue weighted by Gasteiger charge is 2.39. The van der Waals surface area contributed by atoms with Gasteiger partial charge in [0.1, 0.15) is 6.04 Å². The minimum absolute atomic E-state index is 0.193. The van der Waals surface area contributed by atoms with Gasteiger partial charge in [0.2, 0.25) is 5.91 Å². The summed E-state index contributed by atoms with van der Waals surface area (Å²) in [5, 5.41) is 21.2. The molecule has 2 aliphatic heterocycles. The highest BCUT2D eigenvalue weighted by molar-refractivity contribution is 5.87. The lowest BCUT2D eigenvalue weighted by atomic mass is 10.1. The molecule has 0 radical (unpaired) electrons. The molecule has 2 fully saturated rings. The van der Waals surface area contributed by atoms with Gasteiger partial charge in [-0.25, -0.2) is 4.79 Å². The first kappa shape index (κ1) is 11.3. The topological polar surface area (TPSA) is 89.9 Å². The van der Waals surface area contributed by atoms with Gasteiger partial charge in [0.25, 0.3) is 0 Å². The molecule has 2 rings (SSSR count). The van der Waals surface area contributed by atoms with Crippen LogP contribution in [-0.4, -0.2) is 58.3 Å². The van der Waals surface area contributed by atoms with E-state index in [2.05, 4.69) is 5.32 Å². The molecule has 3 N–H and O–H groups in total. The Labute approximate surface area is 93.2 Å². The van der Waals surface area contributed by atoms with E-state index in [9.17, 15) is 14.7 Å². The van der Waals surface area contributed by atoms with Gasteiger partial charge < -0.3 is 20.4 Å². The van der Waals surface area contributed by atoms with E-state index in [-0.39, 0.29) is 5.91 Å². The van der Waals surface area contributed by atoms with Crippen LogP contribution in [0.5, 0.6) is 0 Å². The molecule has 16 heavy (non-hydrogen) atoms. The van der Waals surface area contributed by atoms with Crippen LogP contribution in [0.1, 0.15) is 19.3 Å². The van der Waals surface area contributed by atoms with Gasteiger partial charge in [0.05, 0.1) is 12.1 Å². The molecule has 0 saturated carbocycles. The zero-order valence-electron chi connectivity index (χ0n) is 8.93. The molecule has 2 saturated heterocycles. The fourth-order valence-electron chi connectivity index (χ4n) is 2.39. The number of β-amino-alcohol motifs (C(OH)–C–C–N with tert-alkyl or cyclic N) is 1. The SMILES string of the molecule is O=C(O)[C@@H]1CCCN1C(=O)[C@@H]1C[C@@H](O)CN1. The summed E-state index contributed by atoms with van der Waals surface area (Å²) in [4.78, 5) is 24.3. The summed E-state index contributed by atoms with van der Waals surface area (Å²) in [7, 11) is 0. The lowest BCUT2D eigenvalue weighted by molar-refractivity contribution is -0.148. The molecule has 3 atom stereocenters. The zero-order valence-corrected chi connectivity index (χ0v) is 8.93. The molecular weight excluding hydrogens is 212 g/mol. The molecule has 0 aromatic carbocycles. The second-order valence-corrected chi connectivity index (χ2v) is 4.38. The van der Waals surface area contributed by atoms with E-state index in [0.717, 1.165) is 6.42 Å². The van der Waals surface area contributed by atoms with Crippen molar-refractivity contribution in [3.05, 3.63) is 0 Å². The number of rotatable bonds is 2. The second kappa shape index (κ2) is 4.39. The van der Waals surface area contributed by atoms with Gasteiger partial charge in [0, 0.05) is 13.1 Å². The van der Waals surface area contributed by atoms with Gasteiger partial charge in [-0.2, -0.15) is 0 Å². The summed E-state index contributed by atoms with van der Waals surface area (Å²) in [6, 6.07) is -1.11. The predicted molar refractivity (Wildman–Crippen MR) is 54.8 cm³/mol. The first-order valence-electron chi connectivity index (χ1n) is 5.54. The van der Waals surface area contributed by atoms with E-state index in [1.165, 1.54) is 4.90 Å². The average Bonchev–Trinajstić information content (AvgIpc) is 2.84. The fraction of sp³-hybridized carbons (Fsp3) is 0.800. The Morgan fingerprint density at radius 3 is 2.69 bits per heavy atom. The molecule has 0 unspecified atom stereocenters. The van der Waals surface area contributed by atoms with E-state index < -0.39 is 24.2 Å². The molecule has 6 heteroatoms. The number of aliphatic hydroxyl groups excluding tert-OH is 1. The van der Waals surface area contributed by atoms with Crippen LogP contribution in [0.4, 0.5) is 0 Å². The Morgan fingerprint density at radius 2 is 2.12 bits per heavy atom. The molecule has 6 nitrogen and oxygen atoms in total. The highest BCUT2D eigenvalue weighted by Crippen LogP contribution is 2.20. The van der Waals surface area contributed by atoms with Gasteiger partial charge >= 0.3 is 5.97 Å². The molecule has 0 bridgehead atoms. The van der Waals surface area contributed by atoms with Crippen LogP contribution in [-0.2, 0) is 9.59 Å². The smallest absolute Gasteiger partial charge is 0.326 e. The van der Waals surface area contributed by atoms with Crippen LogP contribution in [0, 0.1) is 0 Å². The van der Waals surface area contributed by atoms with Crippen molar-refractivity contribution >= 4 is 11.9 Å². The minimum Gasteiger partial charge on any atom is -0.480 e. The molecular formula is C10H16N2O4. The van der Waals surface area contributed by atoms with Gasteiger partial charge in [0.15, 0.2) is 0 Å². The maximum Gasteiger partial charge on any atom is 0.326 e. The quantitative estimate of drug-likeness (QED) is 0.551. The number of nitrogens with zero attached hydrogens (tertiary/aromatic N) is 1. The number of hydrogen-bond acceptors (Lipinski definition) is 4. The molecule has 2 heterocycles. The molecule has 0 aliphatic carbocycles. The normalized spacial score (nSPS) is 34.3. The third kappa shape index (κ3) is 2.03. The number of carbonyl (C=O) groups is 2. The fourth-order valence-corrected chi connectivity index (χ4v) is 2.39. The van der Waals surface area contributed by atoms with E-state index in [0.29, 0.717) is 25.9 Å². The number of aliphatic carboxylic acids is 1. The van der Waals surface area contributed by atoms with E-state index in [1.54, 1.807) is 0 Å². The molecule has 1 amide bonds. The largest absolute Gasteiger partial charge is 0.480 e. The summed E-state index contributed by atoms with van der Waals surface area (Å²) < 4.78 is 0. The molecule has 0 aromatic rings. The van der Waals surface area contributed by atoms with E-state index >= 15 is 0 Å². The van der Waals surface area contributed by atoms with Crippen LogP contribution in [0.15, 0.2) is 0 Å². The Kier molecular flexibility index (Phi) is 3.11. The molecule has 0 aromatic heterocycles. The Balaban J connectivity index is 2.01. The Hall–Kier alpha value is -1.14. The number of carbonyl (C=O) groups excluding carboxylic acids is 1. The third-order valence-corrected chi connectivity index (χ3v) is 3.23. The van der Waals surface area contributed by atoms with Crippen LogP contribution in [0.3, 0.4) is 0 Å². The number of amides is 1. The van der Waals surface area contributed by atoms with Gasteiger partial charge in [-0.15, -0.1) is 0 Å². The summed E-state index contributed by atoms with van der Waals surface area (Å²) >= 11 is 0. The van der Waals surface area contributed by atoms with Crippen molar-refractivity contribution in [2.75, 3.05) is 13.1 Å². The first-order valence-corrected chi connectivity index (χ1v) is 5.54. The number of hydrogen-bond donors (Lipinski definition) is 3. The van der Waals surface area contributed by atoms with E-state index in [1.807, 2.05) is 0 Å². The van der Waals surface area contributed by atoms with E-state index in [4.69, 9.17) is 5.11 Å². The summed E-state index contributed by atoms with van der Waals surface area (Å²) in [6.07, 6.45) is 1.13. The monoisotopic (exact) mass is 228 g/mol. The molecule has 90 valence electrons. The number of carboxylic acid groups (broad SMARTS) is 1. The van der Waals surface area contributed by atoms with Gasteiger partial charge in [-0.05, 0) is 19.3 Å². The van der Waals surface area contributed by atoms with Crippen molar-refractivity contribution in [1.29, 1.82) is 0 Å². The van der Waals surface area contributed by atoms with Crippen molar-refractivity contribution in [3.63, 3.8) is 0 Å². The summed E-state index contributed by atoms with van der Waals surface area (Å²) in [6.45, 7) is 0.909. The Morgan fingerprint density at radius 1 is 1.38 bits per heavy atom. The molecule has 2 aliphatic rings. The van der Waals surface area contributed by atoms with Gasteiger partial charge in [-0.1, -0.05) is 0 Å². The molecule has 0 spiro atoms. The number of carboxylic acids is 1. The second-order valence-electron chi connectivity index (χ2n) is 4.38. The van der Waals surface area contributed by atoms with Crippen LogP contribution in [0.2, 0.25) is 0 Å². The van der Waals surface area contributed by atoms with Crippen molar-refractivity contribution in [1.82, 2.24) is 10.2 Å². The van der Waals surface area contributed by atoms with Gasteiger partial charge in [-0.3, -0.25) is 4.79 Å². The summed E-state index contributed by atoms with van der Waals surface area (Å²) in [5.74, 6) is -1.13. The van der Waals surface area contributed by atoms with Crippen molar-refractivity contribution < 1.29 is 19.8 Å². The maximum absolute atomic E-state index is 12.0. The number of aliphatic hydroxyl groups is 1. The third-order valence-electron chi connectivity index (χ3n) is 3.23. The summed E-state index contributed by atoms with van der Waals surface area (Å²) in [5.41, 5.74) is 0. The predicted octanol–water partition coefficient (Wildman–Crippen LogP) is -1.22. The van der Waals surface area contributed by atoms with Crippen LogP contribution >= 0.6 is 0 Å². The first-order chi connectivity index (χ1) is 7.59. The Bertz CT molecular complexity index is 307. The zero-order chi connectivity index (χ0) is 11.7. The average molecular weight is 228 g/mol. The number of likely N-dealkylation sites (tertiary alicyclic amines) is 1. The lowest BCUT2D eigenvalue weighted by Gasteiger charge is -2.24. The van der Waals surface area contributed by atoms with Crippen molar-refractivity contribution in [3.8, 4) is 0 Å². The lowest BCUT2D eigenvalue weighted by Crippen LogP contribution is -2.48. The standard InChI is InChI=1S/C10H16N2O4/c13-6-4-7(11-5-6)9(14)12-3-1-2-8(12)10(15)16/h6-8,11,13H,1-5H2,(H,15,16)/t6-,7+,8+/m1/s1. The highest BCUT2D eigenvalue weighted by atomic mass is 16.4. The maximum atomic E-state index is 12.0. The van der Waals surface area contributed by atoms with Crippen LogP contribution < -0.4 is 5.32 Å². The van der Waals surface area contributed by atoms with Crippen LogP contribution in [0.25, 0.3) is 0 Å². The van der Waals surface area contributed by atoms with Crippen molar-refractivity contribution in [2.24, 2.45) is 0 Å². The van der Waals surface area contributed by atoms with Crippen molar-refractivity contribution in [2.45, 2.75) is 37.5 Å². The minimum atomic E-state index is -0.940. The number of nitrogens with one attached hydrogen (secondary N) is 1.